The Morgan fingerprint density at radius 2 is 2.46 bits per heavy atom. The third kappa shape index (κ3) is 1.89. The van der Waals surface area contributed by atoms with Gasteiger partial charge in [0.15, 0.2) is 0 Å². The van der Waals surface area contributed by atoms with Gasteiger partial charge in [-0.1, -0.05) is 5.16 Å². The van der Waals surface area contributed by atoms with Crippen LogP contribution in [0.4, 0.5) is 0 Å². The van der Waals surface area contributed by atoms with Crippen LogP contribution in [0.5, 0.6) is 0 Å². The molecule has 1 aliphatic rings. The van der Waals surface area contributed by atoms with Crippen molar-refractivity contribution in [1.29, 1.82) is 0 Å². The molecule has 2 N–H and O–H groups in total. The summed E-state index contributed by atoms with van der Waals surface area (Å²) in [7, 11) is 0. The largest absolute Gasteiger partial charge is 0.379 e. The summed E-state index contributed by atoms with van der Waals surface area (Å²) in [4.78, 5) is 0. The number of aromatic nitrogens is 1. The molecule has 0 unspecified atom stereocenters. The summed E-state index contributed by atoms with van der Waals surface area (Å²) in [5.74, 6) is 1.29. The number of hydrogen-bond acceptors (Lipinski definition) is 4. The molecular formula is C9H14N2O2. The molecule has 1 saturated heterocycles. The van der Waals surface area contributed by atoms with Crippen molar-refractivity contribution in [1.82, 2.24) is 5.16 Å². The van der Waals surface area contributed by atoms with Crippen LogP contribution < -0.4 is 5.73 Å². The van der Waals surface area contributed by atoms with Crippen LogP contribution in [0, 0.1) is 12.8 Å². The Balaban J connectivity index is 1.97. The fraction of sp³-hybridized carbons (Fsp3) is 0.667. The zero-order valence-corrected chi connectivity index (χ0v) is 7.69. The minimum atomic E-state index is 0.144. The van der Waals surface area contributed by atoms with E-state index in [9.17, 15) is 0 Å². The normalized spacial score (nSPS) is 28.2. The molecule has 0 amide bonds. The van der Waals surface area contributed by atoms with Gasteiger partial charge in [0, 0.05) is 24.4 Å². The summed E-state index contributed by atoms with van der Waals surface area (Å²) in [6, 6.07) is 2.09. The maximum atomic E-state index is 5.85. The Hall–Kier alpha value is -0.870. The molecule has 0 aromatic carbocycles. The van der Waals surface area contributed by atoms with E-state index in [-0.39, 0.29) is 6.04 Å². The Morgan fingerprint density at radius 3 is 3.00 bits per heavy atom. The van der Waals surface area contributed by atoms with Crippen LogP contribution in [0.15, 0.2) is 10.6 Å². The predicted molar refractivity (Wildman–Crippen MR) is 47.2 cm³/mol. The highest BCUT2D eigenvalue weighted by atomic mass is 16.5. The highest BCUT2D eigenvalue weighted by Gasteiger charge is 2.26. The van der Waals surface area contributed by atoms with E-state index in [4.69, 9.17) is 15.0 Å². The average molecular weight is 182 g/mol. The molecule has 72 valence electrons. The Morgan fingerprint density at radius 1 is 1.62 bits per heavy atom. The van der Waals surface area contributed by atoms with E-state index < -0.39 is 0 Å². The first-order valence-electron chi connectivity index (χ1n) is 4.51. The zero-order valence-electron chi connectivity index (χ0n) is 7.69. The fourth-order valence-corrected chi connectivity index (χ4v) is 1.60. The molecule has 13 heavy (non-hydrogen) atoms. The molecule has 4 heteroatoms. The van der Waals surface area contributed by atoms with Gasteiger partial charge < -0.3 is 15.0 Å². The molecule has 4 nitrogen and oxygen atoms in total. The van der Waals surface area contributed by atoms with E-state index in [1.165, 1.54) is 0 Å². The molecule has 0 aliphatic carbocycles. The van der Waals surface area contributed by atoms with Gasteiger partial charge in [-0.25, -0.2) is 0 Å². The number of nitrogens with two attached hydrogens (primary N) is 1. The molecule has 1 aromatic heterocycles. The zero-order chi connectivity index (χ0) is 9.26. The summed E-state index contributed by atoms with van der Waals surface area (Å²) in [6.45, 7) is 3.32. The molecule has 1 fully saturated rings. The topological polar surface area (TPSA) is 61.3 Å². The molecule has 0 bridgehead atoms. The van der Waals surface area contributed by atoms with E-state index in [1.54, 1.807) is 0 Å². The minimum absolute atomic E-state index is 0.144. The molecule has 2 heterocycles. The van der Waals surface area contributed by atoms with Crippen molar-refractivity contribution < 1.29 is 9.26 Å². The van der Waals surface area contributed by atoms with E-state index in [0.29, 0.717) is 12.5 Å². The highest BCUT2D eigenvalue weighted by molar-refractivity contribution is 5.04. The van der Waals surface area contributed by atoms with Gasteiger partial charge in [-0.05, 0) is 6.92 Å². The van der Waals surface area contributed by atoms with Crippen LogP contribution in [0.3, 0.4) is 0 Å². The summed E-state index contributed by atoms with van der Waals surface area (Å²) in [5, 5.41) is 3.83. The fourth-order valence-electron chi connectivity index (χ4n) is 1.60. The SMILES string of the molecule is Cc1cc(C[C@@H]2COC[C@@H]2N)on1. The molecule has 2 atom stereocenters. The van der Waals surface area contributed by atoms with E-state index >= 15 is 0 Å². The summed E-state index contributed by atoms with van der Waals surface area (Å²) in [6.07, 6.45) is 0.835. The summed E-state index contributed by atoms with van der Waals surface area (Å²) >= 11 is 0. The maximum absolute atomic E-state index is 5.85. The quantitative estimate of drug-likeness (QED) is 0.723. The van der Waals surface area contributed by atoms with Gasteiger partial charge in [-0.2, -0.15) is 0 Å². The van der Waals surface area contributed by atoms with Gasteiger partial charge in [-0.3, -0.25) is 0 Å². The van der Waals surface area contributed by atoms with Crippen molar-refractivity contribution in [3.8, 4) is 0 Å². The van der Waals surface area contributed by atoms with Crippen LogP contribution in [0.1, 0.15) is 11.5 Å². The number of hydrogen-bond donors (Lipinski definition) is 1. The Labute approximate surface area is 77.0 Å². The van der Waals surface area contributed by atoms with Crippen molar-refractivity contribution >= 4 is 0 Å². The van der Waals surface area contributed by atoms with Crippen LogP contribution in [-0.2, 0) is 11.2 Å². The van der Waals surface area contributed by atoms with Crippen molar-refractivity contribution in [3.05, 3.63) is 17.5 Å². The van der Waals surface area contributed by atoms with Gasteiger partial charge in [-0.15, -0.1) is 0 Å². The van der Waals surface area contributed by atoms with Gasteiger partial charge in [0.05, 0.1) is 18.9 Å². The maximum Gasteiger partial charge on any atom is 0.137 e. The monoisotopic (exact) mass is 182 g/mol. The second kappa shape index (κ2) is 3.47. The molecule has 1 aromatic rings. The lowest BCUT2D eigenvalue weighted by molar-refractivity contribution is 0.182. The highest BCUT2D eigenvalue weighted by Crippen LogP contribution is 2.17. The van der Waals surface area contributed by atoms with Gasteiger partial charge in [0.1, 0.15) is 5.76 Å². The van der Waals surface area contributed by atoms with E-state index in [0.717, 1.165) is 24.5 Å². The van der Waals surface area contributed by atoms with Crippen molar-refractivity contribution in [2.24, 2.45) is 11.7 Å². The van der Waals surface area contributed by atoms with Crippen molar-refractivity contribution in [2.45, 2.75) is 19.4 Å². The predicted octanol–water partition coefficient (Wildman–Crippen LogP) is 0.499. The molecule has 1 aliphatic heterocycles. The van der Waals surface area contributed by atoms with Crippen LogP contribution >= 0.6 is 0 Å². The van der Waals surface area contributed by atoms with Gasteiger partial charge in [0.25, 0.3) is 0 Å². The lowest BCUT2D eigenvalue weighted by Crippen LogP contribution is -2.29. The first-order valence-corrected chi connectivity index (χ1v) is 4.51. The summed E-state index contributed by atoms with van der Waals surface area (Å²) in [5.41, 5.74) is 6.77. The standard InChI is InChI=1S/C9H14N2O2/c1-6-2-8(13-11-6)3-7-4-12-5-9(7)10/h2,7,9H,3-5,10H2,1H3/t7-,9+/m1/s1. The van der Waals surface area contributed by atoms with Crippen LogP contribution in [0.25, 0.3) is 0 Å². The number of ether oxygens (including phenoxy) is 1. The lowest BCUT2D eigenvalue weighted by atomic mass is 9.99. The van der Waals surface area contributed by atoms with E-state index in [2.05, 4.69) is 5.16 Å². The third-order valence-electron chi connectivity index (χ3n) is 2.39. The summed E-state index contributed by atoms with van der Waals surface area (Å²) < 4.78 is 10.4. The minimum Gasteiger partial charge on any atom is -0.379 e. The van der Waals surface area contributed by atoms with Crippen molar-refractivity contribution in [3.63, 3.8) is 0 Å². The Bertz CT molecular complexity index is 285. The first-order chi connectivity index (χ1) is 6.25. The first kappa shape index (κ1) is 8.72. The Kier molecular flexibility index (Phi) is 2.33. The third-order valence-corrected chi connectivity index (χ3v) is 2.39. The number of rotatable bonds is 2. The average Bonchev–Trinajstić information content (AvgIpc) is 2.64. The van der Waals surface area contributed by atoms with Gasteiger partial charge in [0.2, 0.25) is 0 Å². The number of nitrogens with zero attached hydrogens (tertiary/aromatic N) is 1. The molecular weight excluding hydrogens is 168 g/mol. The van der Waals surface area contributed by atoms with Crippen LogP contribution in [0.2, 0.25) is 0 Å². The van der Waals surface area contributed by atoms with E-state index in [1.807, 2.05) is 13.0 Å². The van der Waals surface area contributed by atoms with Crippen LogP contribution in [-0.4, -0.2) is 24.4 Å². The molecule has 0 radical (unpaired) electrons. The molecule has 0 spiro atoms. The second-order valence-corrected chi connectivity index (χ2v) is 3.60. The molecule has 2 rings (SSSR count). The lowest BCUT2D eigenvalue weighted by Gasteiger charge is -2.09. The smallest absolute Gasteiger partial charge is 0.137 e. The van der Waals surface area contributed by atoms with Gasteiger partial charge >= 0.3 is 0 Å². The second-order valence-electron chi connectivity index (χ2n) is 3.60. The van der Waals surface area contributed by atoms with Crippen molar-refractivity contribution in [2.75, 3.05) is 13.2 Å². The molecule has 0 saturated carbocycles. The number of aryl methyl sites for hydroxylation is 1.